The van der Waals surface area contributed by atoms with Gasteiger partial charge in [0.1, 0.15) is 0 Å². The molecule has 0 amide bonds. The lowest BCUT2D eigenvalue weighted by Crippen LogP contribution is -2.48. The molecule has 2 aliphatic rings. The van der Waals surface area contributed by atoms with Gasteiger partial charge in [-0.2, -0.15) is 0 Å². The Morgan fingerprint density at radius 2 is 2.05 bits per heavy atom. The monoisotopic (exact) mass is 272 g/mol. The fraction of sp³-hybridized carbons (Fsp3) is 0.722. The molecule has 0 saturated heterocycles. The quantitative estimate of drug-likeness (QED) is 0.897. The summed E-state index contributed by atoms with van der Waals surface area (Å²) in [7, 11) is 2.15. The SMILES string of the molecule is CNC(C1CCCc2cccnc21)C1(C)CCCCC1. The highest BCUT2D eigenvalue weighted by Gasteiger charge is 2.41. The van der Waals surface area contributed by atoms with Crippen molar-refractivity contribution < 1.29 is 0 Å². The van der Waals surface area contributed by atoms with E-state index < -0.39 is 0 Å². The lowest BCUT2D eigenvalue weighted by molar-refractivity contribution is 0.123. The van der Waals surface area contributed by atoms with E-state index in [1.54, 1.807) is 0 Å². The van der Waals surface area contributed by atoms with E-state index >= 15 is 0 Å². The summed E-state index contributed by atoms with van der Waals surface area (Å²) < 4.78 is 0. The summed E-state index contributed by atoms with van der Waals surface area (Å²) in [6.07, 6.45) is 12.8. The third kappa shape index (κ3) is 2.50. The maximum atomic E-state index is 4.76. The van der Waals surface area contributed by atoms with Gasteiger partial charge in [-0.05, 0) is 56.2 Å². The van der Waals surface area contributed by atoms with Crippen LogP contribution in [0.2, 0.25) is 0 Å². The van der Waals surface area contributed by atoms with E-state index in [0.29, 0.717) is 17.4 Å². The minimum atomic E-state index is 0.448. The zero-order valence-corrected chi connectivity index (χ0v) is 13.0. The average molecular weight is 272 g/mol. The third-order valence-electron chi connectivity index (χ3n) is 5.70. The second-order valence-corrected chi connectivity index (χ2v) is 7.03. The van der Waals surface area contributed by atoms with Gasteiger partial charge < -0.3 is 5.32 Å². The summed E-state index contributed by atoms with van der Waals surface area (Å²) in [6.45, 7) is 2.50. The molecule has 0 aromatic carbocycles. The van der Waals surface area contributed by atoms with Gasteiger partial charge in [-0.15, -0.1) is 0 Å². The van der Waals surface area contributed by atoms with Crippen LogP contribution in [-0.2, 0) is 6.42 Å². The summed E-state index contributed by atoms with van der Waals surface area (Å²) in [4.78, 5) is 4.76. The van der Waals surface area contributed by atoms with Gasteiger partial charge in [0, 0.05) is 23.9 Å². The number of hydrogen-bond acceptors (Lipinski definition) is 2. The summed E-state index contributed by atoms with van der Waals surface area (Å²) in [6, 6.07) is 4.96. The molecule has 1 aromatic rings. The molecule has 0 radical (unpaired) electrons. The van der Waals surface area contributed by atoms with Gasteiger partial charge in [-0.25, -0.2) is 0 Å². The number of hydrogen-bond donors (Lipinski definition) is 1. The van der Waals surface area contributed by atoms with Crippen molar-refractivity contribution in [3.63, 3.8) is 0 Å². The van der Waals surface area contributed by atoms with Crippen molar-refractivity contribution in [3.05, 3.63) is 29.6 Å². The van der Waals surface area contributed by atoms with Gasteiger partial charge in [0.2, 0.25) is 0 Å². The Morgan fingerprint density at radius 3 is 2.80 bits per heavy atom. The lowest BCUT2D eigenvalue weighted by atomic mass is 9.64. The molecular weight excluding hydrogens is 244 g/mol. The Hall–Kier alpha value is -0.890. The van der Waals surface area contributed by atoms with Crippen LogP contribution in [0.4, 0.5) is 0 Å². The molecule has 2 nitrogen and oxygen atoms in total. The van der Waals surface area contributed by atoms with Crippen LogP contribution in [0.1, 0.15) is 69.0 Å². The Kier molecular flexibility index (Phi) is 4.11. The van der Waals surface area contributed by atoms with Gasteiger partial charge >= 0.3 is 0 Å². The van der Waals surface area contributed by atoms with E-state index in [-0.39, 0.29) is 0 Å². The first-order valence-electron chi connectivity index (χ1n) is 8.36. The van der Waals surface area contributed by atoms with E-state index in [0.717, 1.165) is 0 Å². The molecular formula is C18H28N2. The molecule has 2 atom stereocenters. The smallest absolute Gasteiger partial charge is 0.0482 e. The number of fused-ring (bicyclic) bond motifs is 1. The molecule has 0 bridgehead atoms. The van der Waals surface area contributed by atoms with Crippen molar-refractivity contribution in [2.45, 2.75) is 70.3 Å². The van der Waals surface area contributed by atoms with Crippen LogP contribution in [0.5, 0.6) is 0 Å². The minimum Gasteiger partial charge on any atom is -0.316 e. The standard InChI is InChI=1S/C18H28N2/c1-18(11-4-3-5-12-18)17(19-2)15-10-6-8-14-9-7-13-20-16(14)15/h7,9,13,15,17,19H,3-6,8,10-12H2,1-2H3. The predicted octanol–water partition coefficient (Wildman–Crippen LogP) is 4.06. The summed E-state index contributed by atoms with van der Waals surface area (Å²) in [5.74, 6) is 0.605. The number of rotatable bonds is 3. The Labute approximate surface area is 123 Å². The maximum absolute atomic E-state index is 4.76. The predicted molar refractivity (Wildman–Crippen MR) is 84.0 cm³/mol. The van der Waals surface area contributed by atoms with Crippen molar-refractivity contribution in [1.29, 1.82) is 0 Å². The van der Waals surface area contributed by atoms with E-state index in [1.807, 2.05) is 6.20 Å². The highest BCUT2D eigenvalue weighted by Crippen LogP contribution is 2.46. The van der Waals surface area contributed by atoms with Crippen LogP contribution in [0.25, 0.3) is 0 Å². The number of pyridine rings is 1. The van der Waals surface area contributed by atoms with Crippen LogP contribution in [0, 0.1) is 5.41 Å². The molecule has 20 heavy (non-hydrogen) atoms. The molecule has 1 N–H and O–H groups in total. The Bertz CT molecular complexity index is 448. The van der Waals surface area contributed by atoms with Crippen LogP contribution >= 0.6 is 0 Å². The van der Waals surface area contributed by atoms with E-state index in [4.69, 9.17) is 4.98 Å². The van der Waals surface area contributed by atoms with Gasteiger partial charge in [0.05, 0.1) is 0 Å². The molecule has 2 heteroatoms. The van der Waals surface area contributed by atoms with E-state index in [9.17, 15) is 0 Å². The molecule has 2 aliphatic carbocycles. The van der Waals surface area contributed by atoms with E-state index in [1.165, 1.54) is 62.6 Å². The van der Waals surface area contributed by atoms with Gasteiger partial charge in [0.25, 0.3) is 0 Å². The molecule has 0 spiro atoms. The zero-order chi connectivity index (χ0) is 14.0. The first kappa shape index (κ1) is 14.1. The normalized spacial score (nSPS) is 26.8. The van der Waals surface area contributed by atoms with Crippen LogP contribution in [0.3, 0.4) is 0 Å². The topological polar surface area (TPSA) is 24.9 Å². The first-order valence-corrected chi connectivity index (χ1v) is 8.36. The molecule has 1 saturated carbocycles. The minimum absolute atomic E-state index is 0.448. The Balaban J connectivity index is 1.90. The molecule has 1 aromatic heterocycles. The maximum Gasteiger partial charge on any atom is 0.0482 e. The van der Waals surface area contributed by atoms with Crippen LogP contribution in [0.15, 0.2) is 18.3 Å². The fourth-order valence-electron chi connectivity index (χ4n) is 4.68. The largest absolute Gasteiger partial charge is 0.316 e. The second kappa shape index (κ2) is 5.85. The number of aryl methyl sites for hydroxylation is 1. The van der Waals surface area contributed by atoms with Gasteiger partial charge in [0.15, 0.2) is 0 Å². The zero-order valence-electron chi connectivity index (χ0n) is 13.0. The highest BCUT2D eigenvalue weighted by atomic mass is 14.9. The van der Waals surface area contributed by atoms with Crippen LogP contribution < -0.4 is 5.32 Å². The summed E-state index contributed by atoms with van der Waals surface area (Å²) in [5, 5.41) is 3.68. The van der Waals surface area contributed by atoms with Crippen molar-refractivity contribution in [2.75, 3.05) is 7.05 Å². The molecule has 0 aliphatic heterocycles. The number of likely N-dealkylation sites (N-methyl/N-ethyl adjacent to an activating group) is 1. The summed E-state index contributed by atoms with van der Waals surface area (Å²) in [5.41, 5.74) is 3.32. The third-order valence-corrected chi connectivity index (χ3v) is 5.70. The van der Waals surface area contributed by atoms with Crippen molar-refractivity contribution in [3.8, 4) is 0 Å². The molecule has 1 fully saturated rings. The fourth-order valence-corrected chi connectivity index (χ4v) is 4.68. The van der Waals surface area contributed by atoms with E-state index in [2.05, 4.69) is 31.4 Å². The van der Waals surface area contributed by atoms with Gasteiger partial charge in [-0.3, -0.25) is 4.98 Å². The molecule has 3 rings (SSSR count). The molecule has 1 heterocycles. The van der Waals surface area contributed by atoms with Gasteiger partial charge in [-0.1, -0.05) is 32.3 Å². The highest BCUT2D eigenvalue weighted by molar-refractivity contribution is 5.28. The van der Waals surface area contributed by atoms with Crippen molar-refractivity contribution >= 4 is 0 Å². The lowest BCUT2D eigenvalue weighted by Gasteiger charge is -2.45. The number of aromatic nitrogens is 1. The number of nitrogens with one attached hydrogen (secondary N) is 1. The Morgan fingerprint density at radius 1 is 1.25 bits per heavy atom. The van der Waals surface area contributed by atoms with Crippen LogP contribution in [-0.4, -0.2) is 18.1 Å². The van der Waals surface area contributed by atoms with Crippen molar-refractivity contribution in [2.24, 2.45) is 5.41 Å². The molecule has 110 valence electrons. The number of nitrogens with zero attached hydrogens (tertiary/aromatic N) is 1. The first-order chi connectivity index (χ1) is 9.74. The summed E-state index contributed by atoms with van der Waals surface area (Å²) >= 11 is 0. The van der Waals surface area contributed by atoms with Crippen molar-refractivity contribution in [1.82, 2.24) is 10.3 Å². The molecule has 2 unspecified atom stereocenters. The second-order valence-electron chi connectivity index (χ2n) is 7.03. The average Bonchev–Trinajstić information content (AvgIpc) is 2.49.